The molecule has 3 rings (SSSR count). The van der Waals surface area contributed by atoms with Crippen molar-refractivity contribution in [1.82, 2.24) is 5.32 Å². The summed E-state index contributed by atoms with van der Waals surface area (Å²) in [5.41, 5.74) is 1.05. The van der Waals surface area contributed by atoms with Gasteiger partial charge in [0.15, 0.2) is 5.17 Å². The zero-order valence-corrected chi connectivity index (χ0v) is 13.9. The van der Waals surface area contributed by atoms with Crippen LogP contribution in [0.25, 0.3) is 0 Å². The summed E-state index contributed by atoms with van der Waals surface area (Å²) in [7, 11) is 1.70. The topological polar surface area (TPSA) is 74.1 Å². The fraction of sp³-hybridized carbons (Fsp3) is 0.533. The molecule has 5 atom stereocenters. The van der Waals surface area contributed by atoms with Crippen molar-refractivity contribution in [3.63, 3.8) is 0 Å². The number of benzene rings is 1. The van der Waals surface area contributed by atoms with Gasteiger partial charge in [0.2, 0.25) is 0 Å². The van der Waals surface area contributed by atoms with Crippen LogP contribution in [0.2, 0.25) is 0 Å². The fourth-order valence-electron chi connectivity index (χ4n) is 2.59. The van der Waals surface area contributed by atoms with Crippen LogP contribution in [0.5, 0.6) is 0 Å². The van der Waals surface area contributed by atoms with Gasteiger partial charge in [-0.15, -0.1) is 0 Å². The van der Waals surface area contributed by atoms with Gasteiger partial charge >= 0.3 is 0 Å². The van der Waals surface area contributed by atoms with E-state index in [2.05, 4.69) is 22.4 Å². The van der Waals surface area contributed by atoms with Gasteiger partial charge < -0.3 is 20.3 Å². The SMILES string of the molecule is CN=C1N[C@H]2C(OC(CSCc3ccccc3)C(O)[C@@H]2O)S1. The van der Waals surface area contributed by atoms with Crippen molar-refractivity contribution >= 4 is 28.7 Å². The standard InChI is InChI=1S/C15H20N2O3S2/c1-16-15-17-11-13(19)12(18)10(20-14(11)22-15)8-21-7-9-5-3-2-4-6-9/h2-6,10-14,18-19H,7-8H2,1H3,(H,16,17)/t10?,11-,12?,13-,14?/m1/s1. The minimum atomic E-state index is -0.881. The molecule has 2 heterocycles. The quantitative estimate of drug-likeness (QED) is 0.761. The van der Waals surface area contributed by atoms with Crippen molar-refractivity contribution in [3.8, 4) is 0 Å². The Morgan fingerprint density at radius 3 is 2.77 bits per heavy atom. The number of hydrogen-bond acceptors (Lipinski definition) is 6. The summed E-state index contributed by atoms with van der Waals surface area (Å²) in [6.45, 7) is 0. The molecule has 2 aliphatic heterocycles. The zero-order valence-electron chi connectivity index (χ0n) is 12.3. The molecular weight excluding hydrogens is 320 g/mol. The van der Waals surface area contributed by atoms with Crippen LogP contribution in [-0.2, 0) is 10.5 Å². The maximum Gasteiger partial charge on any atom is 0.159 e. The smallest absolute Gasteiger partial charge is 0.159 e. The molecular formula is C15H20N2O3S2. The second kappa shape index (κ2) is 7.23. The number of aliphatic imine (C=N–C) groups is 1. The first-order valence-corrected chi connectivity index (χ1v) is 9.25. The third-order valence-corrected chi connectivity index (χ3v) is 6.08. The summed E-state index contributed by atoms with van der Waals surface area (Å²) in [6.07, 6.45) is -2.09. The molecule has 5 nitrogen and oxygen atoms in total. The molecule has 0 bridgehead atoms. The molecule has 0 saturated carbocycles. The van der Waals surface area contributed by atoms with Crippen molar-refractivity contribution < 1.29 is 14.9 Å². The van der Waals surface area contributed by atoms with Crippen LogP contribution in [0, 0.1) is 0 Å². The highest BCUT2D eigenvalue weighted by atomic mass is 32.2. The van der Waals surface area contributed by atoms with Gasteiger partial charge in [0.1, 0.15) is 17.6 Å². The number of amidine groups is 1. The van der Waals surface area contributed by atoms with Crippen LogP contribution in [0.3, 0.4) is 0 Å². The number of nitrogens with one attached hydrogen (secondary N) is 1. The molecule has 0 spiro atoms. The number of hydrogen-bond donors (Lipinski definition) is 3. The van der Waals surface area contributed by atoms with Gasteiger partial charge in [-0.1, -0.05) is 42.1 Å². The summed E-state index contributed by atoms with van der Waals surface area (Å²) in [6, 6.07) is 9.89. The molecule has 0 amide bonds. The molecule has 2 aliphatic rings. The van der Waals surface area contributed by atoms with Gasteiger partial charge in [0.05, 0.1) is 12.1 Å². The first-order valence-electron chi connectivity index (χ1n) is 7.22. The lowest BCUT2D eigenvalue weighted by Crippen LogP contribution is -2.59. The number of fused-ring (bicyclic) bond motifs is 1. The number of aliphatic hydroxyl groups is 2. The Kier molecular flexibility index (Phi) is 5.30. The molecule has 0 radical (unpaired) electrons. The lowest BCUT2D eigenvalue weighted by Gasteiger charge is -2.38. The molecule has 1 aromatic rings. The lowest BCUT2D eigenvalue weighted by molar-refractivity contribution is -0.147. The molecule has 1 aromatic carbocycles. The number of ether oxygens (including phenoxy) is 1. The number of aliphatic hydroxyl groups excluding tert-OH is 2. The van der Waals surface area contributed by atoms with E-state index in [1.807, 2.05) is 18.2 Å². The van der Waals surface area contributed by atoms with Crippen molar-refractivity contribution in [1.29, 1.82) is 0 Å². The highest BCUT2D eigenvalue weighted by Gasteiger charge is 2.48. The summed E-state index contributed by atoms with van der Waals surface area (Å²) >= 11 is 3.17. The molecule has 0 aromatic heterocycles. The van der Waals surface area contributed by atoms with E-state index >= 15 is 0 Å². The van der Waals surface area contributed by atoms with Crippen LogP contribution >= 0.6 is 23.5 Å². The number of nitrogens with zero attached hydrogens (tertiary/aromatic N) is 1. The van der Waals surface area contributed by atoms with Crippen LogP contribution in [0.15, 0.2) is 35.3 Å². The Balaban J connectivity index is 1.56. The predicted octanol–water partition coefficient (Wildman–Crippen LogP) is 1.06. The van der Waals surface area contributed by atoms with Gasteiger partial charge in [-0.05, 0) is 5.56 Å². The van der Waals surface area contributed by atoms with E-state index in [4.69, 9.17) is 4.74 Å². The Hall–Kier alpha value is -0.730. The van der Waals surface area contributed by atoms with Crippen LogP contribution in [0.1, 0.15) is 5.56 Å². The van der Waals surface area contributed by atoms with Crippen molar-refractivity contribution in [2.45, 2.75) is 35.5 Å². The highest BCUT2D eigenvalue weighted by Crippen LogP contribution is 2.34. The van der Waals surface area contributed by atoms with Crippen LogP contribution in [-0.4, -0.2) is 58.0 Å². The Morgan fingerprint density at radius 1 is 1.27 bits per heavy atom. The van der Waals surface area contributed by atoms with Gasteiger partial charge in [-0.2, -0.15) is 11.8 Å². The molecule has 3 N–H and O–H groups in total. The van der Waals surface area contributed by atoms with Crippen LogP contribution < -0.4 is 5.32 Å². The second-order valence-corrected chi connectivity index (χ2v) is 7.46. The Labute approximate surface area is 138 Å². The molecule has 7 heteroatoms. The minimum Gasteiger partial charge on any atom is -0.388 e. The molecule has 22 heavy (non-hydrogen) atoms. The molecule has 2 fully saturated rings. The minimum absolute atomic E-state index is 0.195. The van der Waals surface area contributed by atoms with Gasteiger partial charge in [0.25, 0.3) is 0 Å². The Bertz CT molecular complexity index is 529. The summed E-state index contributed by atoms with van der Waals surface area (Å²) in [5, 5.41) is 24.4. The van der Waals surface area contributed by atoms with E-state index in [0.29, 0.717) is 5.75 Å². The average Bonchev–Trinajstić information content (AvgIpc) is 2.96. The zero-order chi connectivity index (χ0) is 15.5. The fourth-order valence-corrected chi connectivity index (χ4v) is 4.75. The molecule has 120 valence electrons. The monoisotopic (exact) mass is 340 g/mol. The largest absolute Gasteiger partial charge is 0.388 e. The molecule has 0 aliphatic carbocycles. The first kappa shape index (κ1) is 16.1. The van der Waals surface area contributed by atoms with E-state index in [1.54, 1.807) is 18.8 Å². The van der Waals surface area contributed by atoms with E-state index in [0.717, 1.165) is 10.9 Å². The normalized spacial score (nSPS) is 36.1. The van der Waals surface area contributed by atoms with Crippen molar-refractivity contribution in [2.24, 2.45) is 4.99 Å². The third-order valence-electron chi connectivity index (χ3n) is 3.82. The maximum atomic E-state index is 10.3. The van der Waals surface area contributed by atoms with E-state index < -0.39 is 12.2 Å². The predicted molar refractivity (Wildman–Crippen MR) is 91.2 cm³/mol. The molecule has 3 unspecified atom stereocenters. The van der Waals surface area contributed by atoms with Gasteiger partial charge in [0, 0.05) is 18.6 Å². The summed E-state index contributed by atoms with van der Waals surface area (Å²) in [4.78, 5) is 4.09. The number of rotatable bonds is 4. The highest BCUT2D eigenvalue weighted by molar-refractivity contribution is 8.14. The van der Waals surface area contributed by atoms with Gasteiger partial charge in [-0.25, -0.2) is 0 Å². The second-order valence-electron chi connectivity index (χ2n) is 5.34. The van der Waals surface area contributed by atoms with E-state index in [9.17, 15) is 10.2 Å². The lowest BCUT2D eigenvalue weighted by atomic mass is 9.99. The first-order chi connectivity index (χ1) is 10.7. The average molecular weight is 340 g/mol. The maximum absolute atomic E-state index is 10.3. The van der Waals surface area contributed by atoms with Gasteiger partial charge in [-0.3, -0.25) is 4.99 Å². The van der Waals surface area contributed by atoms with Crippen molar-refractivity contribution in [3.05, 3.63) is 35.9 Å². The molecule has 2 saturated heterocycles. The van der Waals surface area contributed by atoms with E-state index in [1.165, 1.54) is 17.3 Å². The third kappa shape index (κ3) is 3.44. The summed E-state index contributed by atoms with van der Waals surface area (Å²) < 4.78 is 5.95. The van der Waals surface area contributed by atoms with E-state index in [-0.39, 0.29) is 17.6 Å². The summed E-state index contributed by atoms with van der Waals surface area (Å²) in [5.74, 6) is 1.51. The van der Waals surface area contributed by atoms with Crippen molar-refractivity contribution in [2.75, 3.05) is 12.8 Å². The Morgan fingerprint density at radius 2 is 2.05 bits per heavy atom. The van der Waals surface area contributed by atoms with Crippen LogP contribution in [0.4, 0.5) is 0 Å². The number of thioether (sulfide) groups is 2.